The lowest BCUT2D eigenvalue weighted by Gasteiger charge is -2.15. The molecular weight excluding hydrogens is 378 g/mol. The topological polar surface area (TPSA) is 48.4 Å². The number of alkyl halides is 3. The Balaban J connectivity index is 3.09. The molecule has 8 heteroatoms. The number of rotatable bonds is 4. The first-order valence-corrected chi connectivity index (χ1v) is 6.37. The van der Waals surface area contributed by atoms with Crippen molar-refractivity contribution < 1.29 is 27.4 Å². The Morgan fingerprint density at radius 2 is 2.11 bits per heavy atom. The van der Waals surface area contributed by atoms with Crippen LogP contribution in [-0.2, 0) is 16.0 Å². The van der Waals surface area contributed by atoms with Crippen LogP contribution in [-0.4, -0.2) is 23.9 Å². The number of carbonyl (C=O) groups excluding carboxylic acids is 1. The first-order chi connectivity index (χ1) is 8.74. The second-order valence-electron chi connectivity index (χ2n) is 3.54. The lowest BCUT2D eigenvalue weighted by Crippen LogP contribution is -2.21. The Morgan fingerprint density at radius 1 is 1.47 bits per heavy atom. The molecule has 4 nitrogen and oxygen atoms in total. The molecule has 1 heterocycles. The monoisotopic (exact) mass is 389 g/mol. The minimum absolute atomic E-state index is 0.0892. The quantitative estimate of drug-likeness (QED) is 0.587. The Bertz CT molecular complexity index is 477. The molecule has 19 heavy (non-hydrogen) atoms. The van der Waals surface area contributed by atoms with Crippen LogP contribution < -0.4 is 4.74 Å². The maximum Gasteiger partial charge on any atom is 0.573 e. The number of esters is 1. The molecular formula is C11H11F3INO3. The van der Waals surface area contributed by atoms with Gasteiger partial charge >= 0.3 is 12.3 Å². The molecule has 1 aromatic heterocycles. The molecule has 0 saturated carbocycles. The van der Waals surface area contributed by atoms with E-state index in [1.807, 2.05) is 22.6 Å². The van der Waals surface area contributed by atoms with Crippen molar-refractivity contribution in [1.29, 1.82) is 0 Å². The first kappa shape index (κ1) is 16.0. The van der Waals surface area contributed by atoms with Gasteiger partial charge in [-0.05, 0) is 36.4 Å². The predicted octanol–water partition coefficient (Wildman–Crippen LogP) is 3.00. The average Bonchev–Trinajstić information content (AvgIpc) is 2.27. The molecule has 0 fully saturated rings. The fraction of sp³-hybridized carbons (Fsp3) is 0.455. The van der Waals surface area contributed by atoms with Crippen LogP contribution in [0.4, 0.5) is 13.2 Å². The van der Waals surface area contributed by atoms with E-state index in [0.717, 1.165) is 0 Å². The number of hydrogen-bond donors (Lipinski definition) is 0. The van der Waals surface area contributed by atoms with Crippen LogP contribution in [0.15, 0.2) is 6.20 Å². The summed E-state index contributed by atoms with van der Waals surface area (Å²) in [5.74, 6) is -1.09. The van der Waals surface area contributed by atoms with Crippen LogP contribution in [0.3, 0.4) is 0 Å². The Labute approximate surface area is 121 Å². The lowest BCUT2D eigenvalue weighted by atomic mass is 10.2. The van der Waals surface area contributed by atoms with Gasteiger partial charge in [-0.3, -0.25) is 9.78 Å². The highest BCUT2D eigenvalue weighted by Gasteiger charge is 2.34. The van der Waals surface area contributed by atoms with E-state index in [9.17, 15) is 18.0 Å². The maximum atomic E-state index is 12.3. The van der Waals surface area contributed by atoms with Gasteiger partial charge in [0.05, 0.1) is 18.7 Å². The van der Waals surface area contributed by atoms with Crippen molar-refractivity contribution in [2.24, 2.45) is 0 Å². The van der Waals surface area contributed by atoms with Crippen molar-refractivity contribution in [2.75, 3.05) is 6.61 Å². The van der Waals surface area contributed by atoms with Crippen LogP contribution in [0.2, 0.25) is 0 Å². The predicted molar refractivity (Wildman–Crippen MR) is 68.7 cm³/mol. The molecule has 0 aliphatic heterocycles. The zero-order chi connectivity index (χ0) is 14.6. The standard InChI is InChI=1S/C11H11F3INO3/c1-3-18-9(17)4-8-10(19-11(12,13)14)6(2)7(15)5-16-8/h5H,3-4H2,1-2H3. The van der Waals surface area contributed by atoms with Crippen molar-refractivity contribution in [1.82, 2.24) is 4.98 Å². The third-order valence-corrected chi connectivity index (χ3v) is 3.22. The molecule has 0 unspecified atom stereocenters. The van der Waals surface area contributed by atoms with E-state index in [1.165, 1.54) is 13.1 Å². The number of carbonyl (C=O) groups is 1. The maximum absolute atomic E-state index is 12.3. The zero-order valence-electron chi connectivity index (χ0n) is 10.2. The molecule has 0 spiro atoms. The van der Waals surface area contributed by atoms with Gasteiger partial charge in [-0.25, -0.2) is 0 Å². The number of nitrogens with zero attached hydrogens (tertiary/aromatic N) is 1. The second kappa shape index (κ2) is 6.40. The van der Waals surface area contributed by atoms with Crippen LogP contribution in [0.25, 0.3) is 0 Å². The van der Waals surface area contributed by atoms with Crippen molar-refractivity contribution in [3.05, 3.63) is 21.0 Å². The summed E-state index contributed by atoms with van der Waals surface area (Å²) in [5, 5.41) is 0. The van der Waals surface area contributed by atoms with Crippen molar-refractivity contribution in [3.63, 3.8) is 0 Å². The van der Waals surface area contributed by atoms with E-state index in [1.54, 1.807) is 6.92 Å². The van der Waals surface area contributed by atoms with Crippen LogP contribution in [0.1, 0.15) is 18.2 Å². The summed E-state index contributed by atoms with van der Waals surface area (Å²) in [5.41, 5.74) is 0.195. The van der Waals surface area contributed by atoms with E-state index in [2.05, 4.69) is 14.5 Å². The Hall–Kier alpha value is -1.06. The van der Waals surface area contributed by atoms with Crippen LogP contribution >= 0.6 is 22.6 Å². The summed E-state index contributed by atoms with van der Waals surface area (Å²) in [7, 11) is 0. The lowest BCUT2D eigenvalue weighted by molar-refractivity contribution is -0.275. The highest BCUT2D eigenvalue weighted by atomic mass is 127. The number of hydrogen-bond acceptors (Lipinski definition) is 4. The molecule has 0 atom stereocenters. The van der Waals surface area contributed by atoms with E-state index in [0.29, 0.717) is 3.57 Å². The number of ether oxygens (including phenoxy) is 2. The van der Waals surface area contributed by atoms with Gasteiger partial charge in [0.25, 0.3) is 0 Å². The van der Waals surface area contributed by atoms with Gasteiger partial charge < -0.3 is 9.47 Å². The van der Waals surface area contributed by atoms with Crippen LogP contribution in [0.5, 0.6) is 5.75 Å². The number of pyridine rings is 1. The second-order valence-corrected chi connectivity index (χ2v) is 4.70. The SMILES string of the molecule is CCOC(=O)Cc1ncc(I)c(C)c1OC(F)(F)F. The highest BCUT2D eigenvalue weighted by molar-refractivity contribution is 14.1. The van der Waals surface area contributed by atoms with Gasteiger partial charge in [-0.15, -0.1) is 13.2 Å². The minimum Gasteiger partial charge on any atom is -0.466 e. The molecule has 0 radical (unpaired) electrons. The summed E-state index contributed by atoms with van der Waals surface area (Å²) in [6.07, 6.45) is -3.81. The fourth-order valence-corrected chi connectivity index (χ4v) is 1.72. The summed E-state index contributed by atoms with van der Waals surface area (Å²) in [6, 6.07) is 0. The number of halogens is 4. The van der Waals surface area contributed by atoms with E-state index >= 15 is 0 Å². The minimum atomic E-state index is -4.83. The van der Waals surface area contributed by atoms with Gasteiger partial charge in [-0.1, -0.05) is 0 Å². The van der Waals surface area contributed by atoms with E-state index in [4.69, 9.17) is 0 Å². The third kappa shape index (κ3) is 4.84. The summed E-state index contributed by atoms with van der Waals surface area (Å²) in [4.78, 5) is 15.1. The molecule has 0 aliphatic rings. The molecule has 106 valence electrons. The van der Waals surface area contributed by atoms with E-state index < -0.39 is 18.1 Å². The van der Waals surface area contributed by atoms with Gasteiger partial charge in [0.2, 0.25) is 0 Å². The van der Waals surface area contributed by atoms with Crippen molar-refractivity contribution in [3.8, 4) is 5.75 Å². The van der Waals surface area contributed by atoms with Gasteiger partial charge in [0, 0.05) is 15.3 Å². The van der Waals surface area contributed by atoms with Gasteiger partial charge in [0.1, 0.15) is 0 Å². The summed E-state index contributed by atoms with van der Waals surface area (Å²) in [6.45, 7) is 3.23. The molecule has 0 bridgehead atoms. The van der Waals surface area contributed by atoms with Gasteiger partial charge in [0.15, 0.2) is 5.75 Å². The van der Waals surface area contributed by atoms with Crippen molar-refractivity contribution in [2.45, 2.75) is 26.6 Å². The summed E-state index contributed by atoms with van der Waals surface area (Å²) >= 11 is 1.84. The van der Waals surface area contributed by atoms with Gasteiger partial charge in [-0.2, -0.15) is 0 Å². The van der Waals surface area contributed by atoms with Crippen molar-refractivity contribution >= 4 is 28.6 Å². The molecule has 0 saturated heterocycles. The molecule has 0 aliphatic carbocycles. The summed E-state index contributed by atoms with van der Waals surface area (Å²) < 4.78 is 46.2. The normalized spacial score (nSPS) is 11.3. The highest BCUT2D eigenvalue weighted by Crippen LogP contribution is 2.31. The first-order valence-electron chi connectivity index (χ1n) is 5.30. The average molecular weight is 389 g/mol. The zero-order valence-corrected chi connectivity index (χ0v) is 12.3. The molecule has 1 aromatic rings. The van der Waals surface area contributed by atoms with E-state index in [-0.39, 0.29) is 24.3 Å². The third-order valence-electron chi connectivity index (χ3n) is 2.13. The van der Waals surface area contributed by atoms with Crippen LogP contribution in [0, 0.1) is 10.5 Å². The Morgan fingerprint density at radius 3 is 2.63 bits per heavy atom. The molecule has 1 rings (SSSR count). The fourth-order valence-electron chi connectivity index (χ4n) is 1.34. The number of aromatic nitrogens is 1. The largest absolute Gasteiger partial charge is 0.573 e. The Kier molecular flexibility index (Phi) is 5.39. The molecule has 0 amide bonds. The smallest absolute Gasteiger partial charge is 0.466 e. The molecule has 0 N–H and O–H groups in total. The molecule has 0 aromatic carbocycles.